The van der Waals surface area contributed by atoms with Crippen molar-refractivity contribution in [2.75, 3.05) is 0 Å². The molecule has 0 aliphatic heterocycles. The van der Waals surface area contributed by atoms with E-state index in [1.807, 2.05) is 13.8 Å². The Morgan fingerprint density at radius 2 is 2.15 bits per heavy atom. The molecule has 0 unspecified atom stereocenters. The van der Waals surface area contributed by atoms with Crippen LogP contribution in [-0.4, -0.2) is 26.0 Å². The standard InChI is InChI=1S/C13H13N3O3S/c1-7(2)12-15-10(17)6-11(16-12)20-8-3-4-14-9(5-8)13(18)19/h3-7H,1-2H3,(H,18,19)(H,15,16,17). The van der Waals surface area contributed by atoms with Crippen LogP contribution in [0.15, 0.2) is 39.1 Å². The molecule has 0 atom stereocenters. The first kappa shape index (κ1) is 14.3. The number of carboxylic acids is 1. The quantitative estimate of drug-likeness (QED) is 0.838. The van der Waals surface area contributed by atoms with Crippen molar-refractivity contribution in [1.29, 1.82) is 0 Å². The van der Waals surface area contributed by atoms with Gasteiger partial charge in [0.1, 0.15) is 16.5 Å². The van der Waals surface area contributed by atoms with Gasteiger partial charge in [-0.25, -0.2) is 14.8 Å². The first-order chi connectivity index (χ1) is 9.45. The van der Waals surface area contributed by atoms with Gasteiger partial charge < -0.3 is 10.1 Å². The third kappa shape index (κ3) is 3.45. The molecule has 20 heavy (non-hydrogen) atoms. The van der Waals surface area contributed by atoms with E-state index in [1.54, 1.807) is 6.07 Å². The van der Waals surface area contributed by atoms with Gasteiger partial charge in [0.25, 0.3) is 5.56 Å². The summed E-state index contributed by atoms with van der Waals surface area (Å²) < 4.78 is 0. The van der Waals surface area contributed by atoms with Gasteiger partial charge in [-0.2, -0.15) is 0 Å². The smallest absolute Gasteiger partial charge is 0.354 e. The molecular weight excluding hydrogens is 278 g/mol. The predicted octanol–water partition coefficient (Wildman–Crippen LogP) is 2.14. The van der Waals surface area contributed by atoms with Gasteiger partial charge >= 0.3 is 5.97 Å². The van der Waals surface area contributed by atoms with E-state index >= 15 is 0 Å². The Morgan fingerprint density at radius 1 is 1.40 bits per heavy atom. The van der Waals surface area contributed by atoms with Crippen molar-refractivity contribution in [2.45, 2.75) is 29.7 Å². The average molecular weight is 291 g/mol. The summed E-state index contributed by atoms with van der Waals surface area (Å²) in [5.41, 5.74) is -0.261. The van der Waals surface area contributed by atoms with Crippen LogP contribution in [0.2, 0.25) is 0 Å². The zero-order valence-electron chi connectivity index (χ0n) is 11.0. The van der Waals surface area contributed by atoms with Crippen LogP contribution < -0.4 is 5.56 Å². The first-order valence-electron chi connectivity index (χ1n) is 5.94. The average Bonchev–Trinajstić information content (AvgIpc) is 2.38. The molecule has 2 aromatic rings. The van der Waals surface area contributed by atoms with E-state index in [9.17, 15) is 9.59 Å². The fourth-order valence-electron chi connectivity index (χ4n) is 1.49. The molecule has 0 aliphatic rings. The van der Waals surface area contributed by atoms with Crippen LogP contribution in [0.3, 0.4) is 0 Å². The minimum Gasteiger partial charge on any atom is -0.477 e. The lowest BCUT2D eigenvalue weighted by atomic mass is 10.2. The molecule has 6 nitrogen and oxygen atoms in total. The highest BCUT2D eigenvalue weighted by Gasteiger charge is 2.09. The number of nitrogens with zero attached hydrogens (tertiary/aromatic N) is 2. The van der Waals surface area contributed by atoms with Gasteiger partial charge in [0.15, 0.2) is 0 Å². The minimum atomic E-state index is -1.09. The predicted molar refractivity (Wildman–Crippen MR) is 74.3 cm³/mol. The number of hydrogen-bond donors (Lipinski definition) is 2. The highest BCUT2D eigenvalue weighted by atomic mass is 32.2. The number of hydrogen-bond acceptors (Lipinski definition) is 5. The number of H-pyrrole nitrogens is 1. The van der Waals surface area contributed by atoms with E-state index < -0.39 is 5.97 Å². The van der Waals surface area contributed by atoms with Crippen LogP contribution in [0.25, 0.3) is 0 Å². The van der Waals surface area contributed by atoms with Crippen molar-refractivity contribution >= 4 is 17.7 Å². The second-order valence-corrected chi connectivity index (χ2v) is 5.50. The third-order valence-corrected chi connectivity index (χ3v) is 3.36. The molecule has 2 heterocycles. The van der Waals surface area contributed by atoms with E-state index in [-0.39, 0.29) is 17.2 Å². The third-order valence-electron chi connectivity index (χ3n) is 2.46. The summed E-state index contributed by atoms with van der Waals surface area (Å²) in [6, 6.07) is 4.51. The molecule has 2 N–H and O–H groups in total. The van der Waals surface area contributed by atoms with Crippen molar-refractivity contribution in [1.82, 2.24) is 15.0 Å². The number of aromatic nitrogens is 3. The lowest BCUT2D eigenvalue weighted by molar-refractivity contribution is 0.0690. The van der Waals surface area contributed by atoms with Gasteiger partial charge in [-0.1, -0.05) is 25.6 Å². The van der Waals surface area contributed by atoms with E-state index in [4.69, 9.17) is 5.11 Å². The molecule has 104 valence electrons. The Kier molecular flexibility index (Phi) is 4.19. The highest BCUT2D eigenvalue weighted by Crippen LogP contribution is 2.25. The zero-order valence-corrected chi connectivity index (χ0v) is 11.8. The van der Waals surface area contributed by atoms with Crippen LogP contribution in [0.1, 0.15) is 36.1 Å². The fraction of sp³-hybridized carbons (Fsp3) is 0.231. The summed E-state index contributed by atoms with van der Waals surface area (Å²) in [5, 5.41) is 9.42. The summed E-state index contributed by atoms with van der Waals surface area (Å²) in [4.78, 5) is 33.9. The number of pyridine rings is 1. The topological polar surface area (TPSA) is 95.9 Å². The Labute approximate surface area is 119 Å². The molecule has 0 saturated carbocycles. The van der Waals surface area contributed by atoms with Gasteiger partial charge in [-0.05, 0) is 12.1 Å². The van der Waals surface area contributed by atoms with Gasteiger partial charge in [-0.15, -0.1) is 0 Å². The molecule has 7 heteroatoms. The number of carboxylic acid groups (broad SMARTS) is 1. The van der Waals surface area contributed by atoms with E-state index in [0.717, 1.165) is 0 Å². The Morgan fingerprint density at radius 3 is 2.80 bits per heavy atom. The van der Waals surface area contributed by atoms with Crippen LogP contribution in [-0.2, 0) is 0 Å². The fourth-order valence-corrected chi connectivity index (χ4v) is 2.34. The van der Waals surface area contributed by atoms with Crippen LogP contribution in [0.5, 0.6) is 0 Å². The SMILES string of the molecule is CC(C)c1nc(Sc2ccnc(C(=O)O)c2)cc(=O)[nH]1. The van der Waals surface area contributed by atoms with Crippen molar-refractivity contribution in [3.8, 4) is 0 Å². The van der Waals surface area contributed by atoms with E-state index in [0.29, 0.717) is 15.7 Å². The van der Waals surface area contributed by atoms with Crippen LogP contribution >= 0.6 is 11.8 Å². The molecule has 0 amide bonds. The maximum Gasteiger partial charge on any atom is 0.354 e. The molecule has 0 fully saturated rings. The van der Waals surface area contributed by atoms with Crippen LogP contribution in [0, 0.1) is 0 Å². The zero-order chi connectivity index (χ0) is 14.7. The van der Waals surface area contributed by atoms with Gasteiger partial charge in [-0.3, -0.25) is 4.79 Å². The monoisotopic (exact) mass is 291 g/mol. The van der Waals surface area contributed by atoms with Crippen molar-refractivity contribution in [3.05, 3.63) is 46.3 Å². The molecule has 0 radical (unpaired) electrons. The Bertz CT molecular complexity index is 697. The molecule has 0 aromatic carbocycles. The summed E-state index contributed by atoms with van der Waals surface area (Å²) in [5.74, 6) is -0.378. The molecule has 0 aliphatic carbocycles. The normalized spacial score (nSPS) is 10.8. The highest BCUT2D eigenvalue weighted by molar-refractivity contribution is 7.99. The summed E-state index contributed by atoms with van der Waals surface area (Å²) in [7, 11) is 0. The second kappa shape index (κ2) is 5.87. The van der Waals surface area contributed by atoms with Gasteiger partial charge in [0.2, 0.25) is 0 Å². The number of aromatic carboxylic acids is 1. The van der Waals surface area contributed by atoms with Crippen molar-refractivity contribution in [2.24, 2.45) is 0 Å². The molecular formula is C13H13N3O3S. The first-order valence-corrected chi connectivity index (χ1v) is 6.76. The number of nitrogens with one attached hydrogen (secondary N) is 1. The molecule has 0 saturated heterocycles. The Balaban J connectivity index is 2.32. The molecule has 2 aromatic heterocycles. The maximum absolute atomic E-state index is 11.6. The van der Waals surface area contributed by atoms with E-state index in [2.05, 4.69) is 15.0 Å². The maximum atomic E-state index is 11.6. The van der Waals surface area contributed by atoms with Crippen LogP contribution in [0.4, 0.5) is 0 Å². The van der Waals surface area contributed by atoms with E-state index in [1.165, 1.54) is 30.1 Å². The largest absolute Gasteiger partial charge is 0.477 e. The summed E-state index contributed by atoms with van der Waals surface area (Å²) in [6.45, 7) is 3.86. The lowest BCUT2D eigenvalue weighted by Crippen LogP contribution is -2.11. The molecule has 0 bridgehead atoms. The summed E-state index contributed by atoms with van der Waals surface area (Å²) in [6.07, 6.45) is 1.42. The van der Waals surface area contributed by atoms with Gasteiger partial charge in [0, 0.05) is 23.1 Å². The molecule has 0 spiro atoms. The number of aromatic amines is 1. The number of carbonyl (C=O) groups is 1. The Hall–Kier alpha value is -2.15. The van der Waals surface area contributed by atoms with Gasteiger partial charge in [0.05, 0.1) is 0 Å². The lowest BCUT2D eigenvalue weighted by Gasteiger charge is -2.06. The summed E-state index contributed by atoms with van der Waals surface area (Å²) >= 11 is 1.23. The molecule has 2 rings (SSSR count). The number of rotatable bonds is 4. The van der Waals surface area contributed by atoms with Crippen molar-refractivity contribution in [3.63, 3.8) is 0 Å². The minimum absolute atomic E-state index is 0.0380. The second-order valence-electron chi connectivity index (χ2n) is 4.41. The van der Waals surface area contributed by atoms with Crippen molar-refractivity contribution < 1.29 is 9.90 Å².